The van der Waals surface area contributed by atoms with E-state index in [1.54, 1.807) is 0 Å². The largest absolute Gasteiger partial charge is 0.456 e. The minimum atomic E-state index is -3.34. The third kappa shape index (κ3) is 8.94. The number of nitrogens with zero attached hydrogens (tertiary/aromatic N) is 2. The highest BCUT2D eigenvalue weighted by Gasteiger charge is 2.43. The van der Waals surface area contributed by atoms with Gasteiger partial charge in [-0.2, -0.15) is 0 Å². The number of para-hydroxylation sites is 4. The number of benzene rings is 15. The van der Waals surface area contributed by atoms with Crippen LogP contribution in [-0.4, -0.2) is 17.2 Å². The van der Waals surface area contributed by atoms with Crippen molar-refractivity contribution in [3.05, 3.63) is 364 Å². The second-order valence-corrected chi connectivity index (χ2v) is 28.4. The van der Waals surface area contributed by atoms with Crippen LogP contribution in [0.2, 0.25) is 0 Å². The first-order valence-electron chi connectivity index (χ1n) is 32.4. The molecular formula is C90H60N2OSi. The Labute approximate surface area is 546 Å². The fourth-order valence-corrected chi connectivity index (χ4v) is 20.1. The third-order valence-corrected chi connectivity index (χ3v) is 24.2. The molecule has 3 aromatic heterocycles. The molecule has 3 nitrogen and oxygen atoms in total. The summed E-state index contributed by atoms with van der Waals surface area (Å²) < 4.78 is 11.6. The molecule has 18 aromatic rings. The molecule has 0 atom stereocenters. The molecule has 0 amide bonds. The molecule has 94 heavy (non-hydrogen) atoms. The third-order valence-electron chi connectivity index (χ3n) is 19.5. The summed E-state index contributed by atoms with van der Waals surface area (Å²) in [5.41, 5.74) is 22.5. The standard InChI is InChI=1S/C90H60N2OSi/c1-6-27-61(28-7-1)65-35-24-39-70(55-65)94(69-37-14-5-15-38-69,71-40-25-36-66(56-71)62-29-8-2-9-30-62)72-59-81(63-31-10-3-11-32-63)90(82(60-72)64-33-12-4-13-34-64)92-85-49-22-19-44-76(85)83-58-68(52-54-86(83)92)91-84-48-21-18-43-75(84)80-47-26-46-79(89(80)91)74-42-17-16-41-73(74)67-51-53-78-77-45-20-23-50-87(77)93-88(78)57-67/h1-60H. The van der Waals surface area contributed by atoms with E-state index in [9.17, 15) is 0 Å². The summed E-state index contributed by atoms with van der Waals surface area (Å²) in [6.45, 7) is 0. The number of rotatable bonds is 12. The maximum atomic E-state index is 6.50. The lowest BCUT2D eigenvalue weighted by molar-refractivity contribution is 0.669. The fourth-order valence-electron chi connectivity index (χ4n) is 15.3. The van der Waals surface area contributed by atoms with Gasteiger partial charge in [0.15, 0.2) is 8.07 Å². The SMILES string of the molecule is c1ccc(-c2cccc([Si](c3ccccc3)(c3cccc(-c4ccccc4)c3)c3cc(-c4ccccc4)c(-n4c5ccccc5c5cc(-n6c7ccccc7c7cccc(-c8ccccc8-c8ccc9c(c8)oc8ccccc89)c76)ccc54)c(-c4ccccc4)c3)c2)cc1. The highest BCUT2D eigenvalue weighted by molar-refractivity contribution is 7.20. The maximum absolute atomic E-state index is 6.50. The molecule has 0 fully saturated rings. The normalized spacial score (nSPS) is 11.8. The van der Waals surface area contributed by atoms with Crippen molar-refractivity contribution in [2.75, 3.05) is 0 Å². The second-order valence-electron chi connectivity index (χ2n) is 24.6. The van der Waals surface area contributed by atoms with E-state index in [-0.39, 0.29) is 0 Å². The van der Waals surface area contributed by atoms with Crippen LogP contribution in [0, 0.1) is 0 Å². The molecule has 3 heterocycles. The summed E-state index contributed by atoms with van der Waals surface area (Å²) in [6.07, 6.45) is 0. The van der Waals surface area contributed by atoms with Gasteiger partial charge in [-0.15, -0.1) is 0 Å². The predicted molar refractivity (Wildman–Crippen MR) is 399 cm³/mol. The Morgan fingerprint density at radius 2 is 0.660 bits per heavy atom. The molecule has 0 aliphatic carbocycles. The van der Waals surface area contributed by atoms with Gasteiger partial charge < -0.3 is 13.6 Å². The molecule has 0 saturated carbocycles. The molecule has 0 unspecified atom stereocenters. The van der Waals surface area contributed by atoms with Crippen LogP contribution in [0.15, 0.2) is 368 Å². The average Bonchev–Trinajstić information content (AvgIpc) is 1.19. The predicted octanol–water partition coefficient (Wildman–Crippen LogP) is 21.2. The van der Waals surface area contributed by atoms with E-state index >= 15 is 0 Å². The molecule has 18 rings (SSSR count). The number of furan rings is 1. The van der Waals surface area contributed by atoms with Crippen LogP contribution in [0.4, 0.5) is 0 Å². The van der Waals surface area contributed by atoms with Crippen molar-refractivity contribution in [2.45, 2.75) is 0 Å². The molecule has 440 valence electrons. The number of fused-ring (bicyclic) bond motifs is 9. The summed E-state index contributed by atoms with van der Waals surface area (Å²) in [7, 11) is -3.34. The average molecular weight is 1210 g/mol. The summed E-state index contributed by atoms with van der Waals surface area (Å²) in [5, 5.41) is 12.2. The fraction of sp³-hybridized carbons (Fsp3) is 0. The monoisotopic (exact) mass is 1210 g/mol. The lowest BCUT2D eigenvalue weighted by Gasteiger charge is -2.36. The summed E-state index contributed by atoms with van der Waals surface area (Å²) in [4.78, 5) is 0. The van der Waals surface area contributed by atoms with Crippen LogP contribution >= 0.6 is 0 Å². The molecule has 0 aliphatic rings. The number of hydrogen-bond donors (Lipinski definition) is 0. The van der Waals surface area contributed by atoms with E-state index in [0.717, 1.165) is 99.9 Å². The van der Waals surface area contributed by atoms with Gasteiger partial charge in [-0.25, -0.2) is 0 Å². The van der Waals surface area contributed by atoms with Gasteiger partial charge in [0.1, 0.15) is 11.2 Å². The van der Waals surface area contributed by atoms with Gasteiger partial charge >= 0.3 is 0 Å². The minimum absolute atomic E-state index is 0.882. The Morgan fingerprint density at radius 3 is 1.29 bits per heavy atom. The Hall–Kier alpha value is -12.1. The van der Waals surface area contributed by atoms with E-state index in [1.807, 2.05) is 6.07 Å². The lowest BCUT2D eigenvalue weighted by Crippen LogP contribution is -2.74. The number of hydrogen-bond acceptors (Lipinski definition) is 1. The Bertz CT molecular complexity index is 5760. The van der Waals surface area contributed by atoms with Crippen molar-refractivity contribution in [1.29, 1.82) is 0 Å². The van der Waals surface area contributed by atoms with E-state index in [1.165, 1.54) is 64.5 Å². The molecule has 0 saturated heterocycles. The molecule has 0 radical (unpaired) electrons. The lowest BCUT2D eigenvalue weighted by atomic mass is 9.92. The van der Waals surface area contributed by atoms with E-state index in [4.69, 9.17) is 4.42 Å². The topological polar surface area (TPSA) is 23.0 Å². The van der Waals surface area contributed by atoms with Gasteiger partial charge in [-0.1, -0.05) is 315 Å². The molecule has 0 aliphatic heterocycles. The van der Waals surface area contributed by atoms with Crippen LogP contribution in [0.25, 0.3) is 144 Å². The Kier molecular flexibility index (Phi) is 13.2. The zero-order chi connectivity index (χ0) is 62.1. The van der Waals surface area contributed by atoms with Crippen LogP contribution in [0.1, 0.15) is 0 Å². The van der Waals surface area contributed by atoms with Gasteiger partial charge in [0.25, 0.3) is 0 Å². The van der Waals surface area contributed by atoms with Gasteiger partial charge in [0, 0.05) is 54.7 Å². The van der Waals surface area contributed by atoms with E-state index < -0.39 is 8.07 Å². The Balaban J connectivity index is 0.902. The first-order chi connectivity index (χ1) is 46.6. The molecule has 15 aromatic carbocycles. The number of aromatic nitrogens is 2. The zero-order valence-electron chi connectivity index (χ0n) is 51.4. The van der Waals surface area contributed by atoms with Crippen LogP contribution in [0.3, 0.4) is 0 Å². The summed E-state index contributed by atoms with van der Waals surface area (Å²) in [5.74, 6) is 0. The van der Waals surface area contributed by atoms with Crippen LogP contribution in [0.5, 0.6) is 0 Å². The van der Waals surface area contributed by atoms with Crippen LogP contribution in [-0.2, 0) is 0 Å². The van der Waals surface area contributed by atoms with Crippen molar-refractivity contribution in [2.24, 2.45) is 0 Å². The molecular weight excluding hydrogens is 1150 g/mol. The highest BCUT2D eigenvalue weighted by Crippen LogP contribution is 2.46. The van der Waals surface area contributed by atoms with Crippen LogP contribution < -0.4 is 20.7 Å². The van der Waals surface area contributed by atoms with E-state index in [2.05, 4.69) is 367 Å². The van der Waals surface area contributed by atoms with Gasteiger partial charge in [-0.3, -0.25) is 0 Å². The molecule has 0 spiro atoms. The van der Waals surface area contributed by atoms with Gasteiger partial charge in [0.2, 0.25) is 0 Å². The minimum Gasteiger partial charge on any atom is -0.456 e. The van der Waals surface area contributed by atoms with Crippen molar-refractivity contribution in [1.82, 2.24) is 9.13 Å². The van der Waals surface area contributed by atoms with Gasteiger partial charge in [0.05, 0.1) is 27.8 Å². The van der Waals surface area contributed by atoms with Crippen molar-refractivity contribution in [3.8, 4) is 78.1 Å². The quantitative estimate of drug-likeness (QED) is 0.0883. The summed E-state index contributed by atoms with van der Waals surface area (Å²) >= 11 is 0. The first kappa shape index (κ1) is 54.8. The zero-order valence-corrected chi connectivity index (χ0v) is 52.4. The van der Waals surface area contributed by atoms with E-state index in [0.29, 0.717) is 0 Å². The molecule has 0 N–H and O–H groups in total. The smallest absolute Gasteiger partial charge is 0.179 e. The maximum Gasteiger partial charge on any atom is 0.179 e. The van der Waals surface area contributed by atoms with Gasteiger partial charge in [-0.05, 0) is 119 Å². The summed E-state index contributed by atoms with van der Waals surface area (Å²) in [6, 6.07) is 135. The molecule has 0 bridgehead atoms. The highest BCUT2D eigenvalue weighted by atomic mass is 28.3. The van der Waals surface area contributed by atoms with Crippen molar-refractivity contribution in [3.63, 3.8) is 0 Å². The Morgan fingerprint density at radius 1 is 0.213 bits per heavy atom. The first-order valence-corrected chi connectivity index (χ1v) is 34.4. The molecule has 4 heteroatoms. The van der Waals surface area contributed by atoms with Crippen molar-refractivity contribution < 1.29 is 4.42 Å². The van der Waals surface area contributed by atoms with Crippen molar-refractivity contribution >= 4 is 94.4 Å². The second kappa shape index (κ2) is 22.7.